The van der Waals surface area contributed by atoms with Crippen LogP contribution in [0, 0.1) is 13.8 Å². The SMILES string of the molecule is CCCN(C[C@H]1[C@@H](OCc2ccccc2)[C@H](OCc2ccccc2)[C@H](COCc2ccccc2)N1S(=O)(=O)c1ccc(C)cc1)S(=O)(=O)c1ccc(C)cc1. The van der Waals surface area contributed by atoms with E-state index >= 15 is 8.42 Å². The molecule has 1 fully saturated rings. The summed E-state index contributed by atoms with van der Waals surface area (Å²) in [5.41, 5.74) is 4.56. The number of benzene rings is 5. The number of hydrogen-bond donors (Lipinski definition) is 0. The van der Waals surface area contributed by atoms with E-state index in [0.29, 0.717) is 6.42 Å². The molecular weight excluding hydrogens is 733 g/mol. The van der Waals surface area contributed by atoms with Gasteiger partial charge in [-0.2, -0.15) is 8.61 Å². The van der Waals surface area contributed by atoms with Crippen LogP contribution in [0.3, 0.4) is 0 Å². The molecular formula is C44H50N2O7S2. The fraction of sp³-hybridized carbons (Fsp3) is 0.318. The van der Waals surface area contributed by atoms with Gasteiger partial charge in [0.2, 0.25) is 20.0 Å². The Hall–Kier alpha value is -4.20. The van der Waals surface area contributed by atoms with Crippen LogP contribution in [-0.4, -0.2) is 69.4 Å². The lowest BCUT2D eigenvalue weighted by molar-refractivity contribution is -0.0867. The zero-order chi connectivity index (χ0) is 38.8. The average Bonchev–Trinajstić information content (AvgIpc) is 3.49. The predicted molar refractivity (Wildman–Crippen MR) is 214 cm³/mol. The van der Waals surface area contributed by atoms with Gasteiger partial charge in [-0.05, 0) is 61.2 Å². The highest BCUT2D eigenvalue weighted by Gasteiger charge is 2.56. The monoisotopic (exact) mass is 782 g/mol. The lowest BCUT2D eigenvalue weighted by Gasteiger charge is -2.33. The molecule has 6 rings (SSSR count). The largest absolute Gasteiger partial charge is 0.375 e. The summed E-state index contributed by atoms with van der Waals surface area (Å²) in [6.07, 6.45) is -1.21. The molecule has 5 aromatic rings. The van der Waals surface area contributed by atoms with Crippen molar-refractivity contribution in [2.45, 2.75) is 81.1 Å². The lowest BCUT2D eigenvalue weighted by atomic mass is 10.1. The Morgan fingerprint density at radius 3 is 1.47 bits per heavy atom. The zero-order valence-corrected chi connectivity index (χ0v) is 33.2. The first-order chi connectivity index (χ1) is 26.6. The van der Waals surface area contributed by atoms with Crippen molar-refractivity contribution < 1.29 is 31.0 Å². The first-order valence-electron chi connectivity index (χ1n) is 18.7. The molecule has 1 saturated heterocycles. The second-order valence-electron chi connectivity index (χ2n) is 14.0. The molecule has 0 N–H and O–H groups in total. The third-order valence-electron chi connectivity index (χ3n) is 9.83. The van der Waals surface area contributed by atoms with Gasteiger partial charge in [-0.1, -0.05) is 133 Å². The van der Waals surface area contributed by atoms with Crippen molar-refractivity contribution >= 4 is 20.0 Å². The molecule has 1 aliphatic heterocycles. The molecule has 55 heavy (non-hydrogen) atoms. The predicted octanol–water partition coefficient (Wildman–Crippen LogP) is 7.53. The molecule has 290 valence electrons. The zero-order valence-electron chi connectivity index (χ0n) is 31.6. The van der Waals surface area contributed by atoms with Gasteiger partial charge < -0.3 is 14.2 Å². The van der Waals surface area contributed by atoms with Gasteiger partial charge in [0.25, 0.3) is 0 Å². The van der Waals surface area contributed by atoms with Crippen molar-refractivity contribution in [2.24, 2.45) is 0 Å². The van der Waals surface area contributed by atoms with Gasteiger partial charge in [-0.15, -0.1) is 0 Å². The number of nitrogens with zero attached hydrogens (tertiary/aromatic N) is 2. The molecule has 1 aliphatic rings. The molecule has 0 amide bonds. The summed E-state index contributed by atoms with van der Waals surface area (Å²) >= 11 is 0. The highest BCUT2D eigenvalue weighted by molar-refractivity contribution is 7.89. The Labute approximate surface area is 326 Å². The third-order valence-corrected chi connectivity index (χ3v) is 13.7. The summed E-state index contributed by atoms with van der Waals surface area (Å²) in [6, 6.07) is 40.5. The molecule has 0 bridgehead atoms. The van der Waals surface area contributed by atoms with E-state index < -0.39 is 44.3 Å². The minimum Gasteiger partial charge on any atom is -0.375 e. The van der Waals surface area contributed by atoms with E-state index in [9.17, 15) is 8.42 Å². The minimum atomic E-state index is -4.29. The molecule has 0 radical (unpaired) electrons. The van der Waals surface area contributed by atoms with Gasteiger partial charge in [0.1, 0.15) is 12.2 Å². The number of aryl methyl sites for hydroxylation is 2. The fourth-order valence-electron chi connectivity index (χ4n) is 6.96. The van der Waals surface area contributed by atoms with Crippen LogP contribution in [0.25, 0.3) is 0 Å². The van der Waals surface area contributed by atoms with E-state index in [-0.39, 0.29) is 49.3 Å². The molecule has 5 aromatic carbocycles. The van der Waals surface area contributed by atoms with Crippen LogP contribution in [0.5, 0.6) is 0 Å². The van der Waals surface area contributed by atoms with E-state index in [1.807, 2.05) is 112 Å². The van der Waals surface area contributed by atoms with Crippen molar-refractivity contribution in [1.29, 1.82) is 0 Å². The smallest absolute Gasteiger partial charge is 0.243 e. The molecule has 1 heterocycles. The number of hydrogen-bond acceptors (Lipinski definition) is 7. The highest BCUT2D eigenvalue weighted by Crippen LogP contribution is 2.38. The maximum atomic E-state index is 15.1. The number of ether oxygens (including phenoxy) is 3. The van der Waals surface area contributed by atoms with Crippen molar-refractivity contribution in [3.8, 4) is 0 Å². The van der Waals surface area contributed by atoms with Gasteiger partial charge in [-0.3, -0.25) is 0 Å². The molecule has 4 atom stereocenters. The average molecular weight is 783 g/mol. The summed E-state index contributed by atoms with van der Waals surface area (Å²) < 4.78 is 81.8. The Balaban J connectivity index is 1.48. The topological polar surface area (TPSA) is 102 Å². The van der Waals surface area contributed by atoms with Crippen LogP contribution in [-0.2, 0) is 54.1 Å². The Kier molecular flexibility index (Phi) is 13.7. The van der Waals surface area contributed by atoms with Crippen LogP contribution in [0.2, 0.25) is 0 Å². The maximum Gasteiger partial charge on any atom is 0.243 e. The molecule has 0 aliphatic carbocycles. The first kappa shape index (κ1) is 40.5. The van der Waals surface area contributed by atoms with E-state index in [0.717, 1.165) is 27.8 Å². The molecule has 0 aromatic heterocycles. The summed E-state index contributed by atoms with van der Waals surface area (Å²) in [4.78, 5) is 0.226. The van der Waals surface area contributed by atoms with E-state index in [2.05, 4.69) is 0 Å². The second-order valence-corrected chi connectivity index (χ2v) is 17.8. The number of sulfonamides is 2. The van der Waals surface area contributed by atoms with Crippen LogP contribution < -0.4 is 0 Å². The fourth-order valence-corrected chi connectivity index (χ4v) is 10.3. The minimum absolute atomic E-state index is 0.0281. The van der Waals surface area contributed by atoms with Crippen molar-refractivity contribution in [3.05, 3.63) is 167 Å². The van der Waals surface area contributed by atoms with Crippen LogP contribution >= 0.6 is 0 Å². The van der Waals surface area contributed by atoms with E-state index in [1.165, 1.54) is 8.61 Å². The van der Waals surface area contributed by atoms with E-state index in [4.69, 9.17) is 14.2 Å². The molecule has 0 spiro atoms. The van der Waals surface area contributed by atoms with Crippen LogP contribution in [0.1, 0.15) is 41.2 Å². The van der Waals surface area contributed by atoms with Gasteiger partial charge in [0, 0.05) is 13.1 Å². The third kappa shape index (κ3) is 9.98. The van der Waals surface area contributed by atoms with Gasteiger partial charge in [0.05, 0.1) is 48.3 Å². The van der Waals surface area contributed by atoms with Crippen LogP contribution in [0.15, 0.2) is 149 Å². The Bertz CT molecular complexity index is 2150. The van der Waals surface area contributed by atoms with Gasteiger partial charge in [0.15, 0.2) is 0 Å². The first-order valence-corrected chi connectivity index (χ1v) is 21.6. The lowest BCUT2D eigenvalue weighted by Crippen LogP contribution is -2.51. The number of rotatable bonds is 18. The summed E-state index contributed by atoms with van der Waals surface area (Å²) in [5, 5.41) is 0. The Morgan fingerprint density at radius 2 is 1.00 bits per heavy atom. The summed E-state index contributed by atoms with van der Waals surface area (Å²) in [5.74, 6) is 0. The van der Waals surface area contributed by atoms with Gasteiger partial charge in [-0.25, -0.2) is 16.8 Å². The van der Waals surface area contributed by atoms with E-state index in [1.54, 1.807) is 48.5 Å². The van der Waals surface area contributed by atoms with Gasteiger partial charge >= 0.3 is 0 Å². The normalized spacial score (nSPS) is 19.2. The maximum absolute atomic E-state index is 15.1. The van der Waals surface area contributed by atoms with Crippen molar-refractivity contribution in [1.82, 2.24) is 8.61 Å². The molecule has 0 unspecified atom stereocenters. The molecule has 9 nitrogen and oxygen atoms in total. The Morgan fingerprint density at radius 1 is 0.564 bits per heavy atom. The standard InChI is InChI=1S/C44H50N2O7S2/c1-4-28-45(54(47,48)39-24-20-34(2)21-25-39)29-41-43(52-31-37-16-10-6-11-17-37)44(53-32-38-18-12-7-13-19-38)42(33-51-30-36-14-8-5-9-15-36)46(41)55(49,50)40-26-22-35(3)23-27-40/h5-27,41-44H,4,28-33H2,1-3H3/t41-,42-,43+,44+/m0/s1. The summed E-state index contributed by atoms with van der Waals surface area (Å²) in [6.45, 7) is 6.24. The quantitative estimate of drug-likeness (QED) is 0.0906. The highest BCUT2D eigenvalue weighted by atomic mass is 32.2. The van der Waals surface area contributed by atoms with Crippen molar-refractivity contribution in [2.75, 3.05) is 19.7 Å². The molecule has 11 heteroatoms. The van der Waals surface area contributed by atoms with Crippen LogP contribution in [0.4, 0.5) is 0 Å². The molecule has 0 saturated carbocycles. The summed E-state index contributed by atoms with van der Waals surface area (Å²) in [7, 11) is -8.34. The second kappa shape index (κ2) is 18.6. The van der Waals surface area contributed by atoms with Crippen molar-refractivity contribution in [3.63, 3.8) is 0 Å².